The third kappa shape index (κ3) is 4.82. The quantitative estimate of drug-likeness (QED) is 0.253. The van der Waals surface area contributed by atoms with E-state index in [4.69, 9.17) is 0 Å². The van der Waals surface area contributed by atoms with Gasteiger partial charge >= 0.3 is 0 Å². The van der Waals surface area contributed by atoms with Gasteiger partial charge in [-0.3, -0.25) is 0 Å². The topological polar surface area (TPSA) is 61.4 Å². The third-order valence-electron chi connectivity index (χ3n) is 5.80. The van der Waals surface area contributed by atoms with Gasteiger partial charge in [0.05, 0.1) is 55.2 Å². The number of rotatable bonds is 6. The fraction of sp³-hybridized carbons (Fsp3) is 0.154. The summed E-state index contributed by atoms with van der Waals surface area (Å²) >= 11 is 7.32. The normalized spacial score (nSPS) is 16.1. The number of benzene rings is 2. The van der Waals surface area contributed by atoms with Gasteiger partial charge in [0.25, 0.3) is 0 Å². The number of hydrogen-bond donors (Lipinski definition) is 0. The predicted octanol–water partition coefficient (Wildman–Crippen LogP) is 7.13. The Kier molecular flexibility index (Phi) is 6.83. The highest BCUT2D eigenvalue weighted by Gasteiger charge is 2.32. The molecule has 4 aromatic rings. The molecule has 2 aromatic carbocycles. The van der Waals surface area contributed by atoms with Crippen LogP contribution in [0.2, 0.25) is 0 Å². The summed E-state index contributed by atoms with van der Waals surface area (Å²) < 4.78 is 6.59. The molecule has 0 unspecified atom stereocenters. The van der Waals surface area contributed by atoms with Crippen molar-refractivity contribution in [2.24, 2.45) is 0 Å². The Bertz CT molecular complexity index is 1390. The molecule has 180 valence electrons. The van der Waals surface area contributed by atoms with Gasteiger partial charge in [0.2, 0.25) is 0 Å². The van der Waals surface area contributed by atoms with Crippen LogP contribution in [0.5, 0.6) is 0 Å². The molecule has 2 aliphatic heterocycles. The van der Waals surface area contributed by atoms with Gasteiger partial charge in [-0.15, -0.1) is 10.2 Å². The second kappa shape index (κ2) is 10.4. The Morgan fingerprint density at radius 3 is 1.44 bits per heavy atom. The summed E-state index contributed by atoms with van der Waals surface area (Å²) in [6.07, 6.45) is 3.74. The molecule has 0 radical (unpaired) electrons. The van der Waals surface area contributed by atoms with Gasteiger partial charge in [-0.25, -0.2) is 9.36 Å². The van der Waals surface area contributed by atoms with E-state index in [0.717, 1.165) is 21.2 Å². The maximum Gasteiger partial charge on any atom is 0.0969 e. The monoisotopic (exact) mass is 546 g/mol. The summed E-state index contributed by atoms with van der Waals surface area (Å²) in [6, 6.07) is 20.8. The van der Waals surface area contributed by atoms with Gasteiger partial charge < -0.3 is 0 Å². The van der Waals surface area contributed by atoms with E-state index >= 15 is 0 Å². The summed E-state index contributed by atoms with van der Waals surface area (Å²) in [7, 11) is 0. The summed E-state index contributed by atoms with van der Waals surface area (Å²) in [5.41, 5.74) is 4.38. The van der Waals surface area contributed by atoms with Crippen LogP contribution in [0.4, 0.5) is 0 Å². The predicted molar refractivity (Wildman–Crippen MR) is 154 cm³/mol. The Morgan fingerprint density at radius 2 is 1.00 bits per heavy atom. The lowest BCUT2D eigenvalue weighted by Gasteiger charge is -2.10. The summed E-state index contributed by atoms with van der Waals surface area (Å²) in [5.74, 6) is 0. The molecule has 0 saturated heterocycles. The maximum absolute atomic E-state index is 4.45. The van der Waals surface area contributed by atoms with Crippen molar-refractivity contribution in [2.75, 3.05) is 0 Å². The number of allylic oxidation sites excluding steroid dienone is 2. The number of aromatic nitrogens is 6. The zero-order valence-corrected chi connectivity index (χ0v) is 22.9. The zero-order valence-electron chi connectivity index (χ0n) is 19.7. The lowest BCUT2D eigenvalue weighted by atomic mass is 10.2. The van der Waals surface area contributed by atoms with Crippen molar-refractivity contribution >= 4 is 56.9 Å². The van der Waals surface area contributed by atoms with Crippen molar-refractivity contribution in [3.63, 3.8) is 0 Å². The van der Waals surface area contributed by atoms with E-state index in [-0.39, 0.29) is 0 Å². The first kappa shape index (κ1) is 23.7. The molecule has 0 atom stereocenters. The lowest BCUT2D eigenvalue weighted by molar-refractivity contribution is 0.642. The minimum Gasteiger partial charge on any atom is -0.240 e. The molecule has 0 spiro atoms. The Balaban J connectivity index is 1.41. The van der Waals surface area contributed by atoms with Crippen LogP contribution in [0.25, 0.3) is 9.81 Å². The molecule has 0 N–H and O–H groups in total. The zero-order chi connectivity index (χ0) is 24.5. The van der Waals surface area contributed by atoms with Crippen LogP contribution in [-0.2, 0) is 13.1 Å². The molecule has 0 amide bonds. The van der Waals surface area contributed by atoms with Crippen molar-refractivity contribution in [2.45, 2.75) is 26.9 Å². The third-order valence-corrected chi connectivity index (χ3v) is 11.6. The van der Waals surface area contributed by atoms with Crippen molar-refractivity contribution < 1.29 is 0 Å². The highest BCUT2D eigenvalue weighted by Crippen LogP contribution is 2.63. The highest BCUT2D eigenvalue weighted by molar-refractivity contribution is 8.37. The number of nitrogens with zero attached hydrogens (tertiary/aromatic N) is 6. The first-order valence-corrected chi connectivity index (χ1v) is 14.7. The van der Waals surface area contributed by atoms with Crippen LogP contribution < -0.4 is 0 Å². The van der Waals surface area contributed by atoms with E-state index in [9.17, 15) is 0 Å². The van der Waals surface area contributed by atoms with Crippen molar-refractivity contribution in [1.82, 2.24) is 30.0 Å². The maximum atomic E-state index is 4.45. The molecule has 10 heteroatoms. The number of thioether (sulfide) groups is 4. The second-order valence-corrected chi connectivity index (χ2v) is 13.3. The van der Waals surface area contributed by atoms with Crippen LogP contribution in [0.1, 0.15) is 36.4 Å². The van der Waals surface area contributed by atoms with Gasteiger partial charge in [0.15, 0.2) is 0 Å². The minimum absolute atomic E-state index is 0.662. The van der Waals surface area contributed by atoms with E-state index in [1.165, 1.54) is 29.4 Å². The molecule has 0 bridgehead atoms. The lowest BCUT2D eigenvalue weighted by Crippen LogP contribution is -2.07. The molecule has 0 saturated carbocycles. The fourth-order valence-electron chi connectivity index (χ4n) is 3.86. The molecule has 0 aliphatic carbocycles. The summed E-state index contributed by atoms with van der Waals surface area (Å²) in [6.45, 7) is 5.71. The van der Waals surface area contributed by atoms with Crippen molar-refractivity contribution in [3.8, 4) is 0 Å². The Hall–Kier alpha value is -2.66. The Labute approximate surface area is 226 Å². The molecule has 0 fully saturated rings. The van der Waals surface area contributed by atoms with Crippen LogP contribution in [-0.4, -0.2) is 30.0 Å². The smallest absolute Gasteiger partial charge is 0.0969 e. The molecule has 6 nitrogen and oxygen atoms in total. The molecule has 4 heterocycles. The first-order chi connectivity index (χ1) is 17.7. The van der Waals surface area contributed by atoms with Gasteiger partial charge in [-0.05, 0) is 34.8 Å². The molecule has 2 aliphatic rings. The van der Waals surface area contributed by atoms with E-state index in [1.54, 1.807) is 23.5 Å². The largest absolute Gasteiger partial charge is 0.240 e. The van der Waals surface area contributed by atoms with E-state index in [0.29, 0.717) is 13.1 Å². The van der Waals surface area contributed by atoms with Gasteiger partial charge in [0, 0.05) is 0 Å². The number of hydrogen-bond acceptors (Lipinski definition) is 8. The second-order valence-electron chi connectivity index (χ2n) is 8.28. The van der Waals surface area contributed by atoms with Gasteiger partial charge in [-0.1, -0.05) is 118 Å². The van der Waals surface area contributed by atoms with Crippen molar-refractivity contribution in [3.05, 3.63) is 114 Å². The molecular formula is C26H22N6S4. The Morgan fingerprint density at radius 1 is 0.583 bits per heavy atom. The van der Waals surface area contributed by atoms with E-state index in [2.05, 4.69) is 83.0 Å². The summed E-state index contributed by atoms with van der Waals surface area (Å²) in [5, 5.41) is 17.5. The summed E-state index contributed by atoms with van der Waals surface area (Å²) in [4.78, 5) is 5.02. The van der Waals surface area contributed by atoms with Crippen molar-refractivity contribution in [1.29, 1.82) is 0 Å². The average Bonchev–Trinajstić information content (AvgIpc) is 3.68. The van der Waals surface area contributed by atoms with Crippen LogP contribution in [0, 0.1) is 0 Å². The molecule has 2 aromatic heterocycles. The highest BCUT2D eigenvalue weighted by atomic mass is 32.2. The molecule has 6 rings (SSSR count). The van der Waals surface area contributed by atoms with Crippen LogP contribution >= 0.6 is 47.0 Å². The van der Waals surface area contributed by atoms with Gasteiger partial charge in [0.1, 0.15) is 0 Å². The fourth-order valence-corrected chi connectivity index (χ4v) is 9.41. The average molecular weight is 547 g/mol. The molecule has 36 heavy (non-hydrogen) atoms. The van der Waals surface area contributed by atoms with E-state index in [1.807, 2.05) is 57.4 Å². The van der Waals surface area contributed by atoms with E-state index < -0.39 is 0 Å². The SMILES string of the molecule is CC1=C(C)SC(=C2SC(c3cnnn3Cc3ccccc3)=C(c3cnnn3Cc3ccccc3)S2)S1. The molecular weight excluding hydrogens is 525 g/mol. The van der Waals surface area contributed by atoms with Gasteiger partial charge in [-0.2, -0.15) is 0 Å². The van der Waals surface area contributed by atoms with Crippen LogP contribution in [0.15, 0.2) is 91.3 Å². The van der Waals surface area contributed by atoms with Crippen LogP contribution in [0.3, 0.4) is 0 Å². The standard InChI is InChI=1S/C26H22N6S4/c1-17-18(2)34-25(33-17)26-35-23(21-13-27-29-31(21)15-19-9-5-3-6-10-19)24(36-26)22-14-28-30-32(22)16-20-11-7-4-8-12-20/h3-14H,15-16H2,1-2H3. The minimum atomic E-state index is 0.662. The first-order valence-electron chi connectivity index (χ1n) is 11.4.